The lowest BCUT2D eigenvalue weighted by molar-refractivity contribution is -0.118. The normalized spacial score (nSPS) is 22.7. The van der Waals surface area contributed by atoms with Crippen LogP contribution in [0.3, 0.4) is 0 Å². The van der Waals surface area contributed by atoms with Crippen molar-refractivity contribution in [2.45, 2.75) is 26.2 Å². The van der Waals surface area contributed by atoms with Gasteiger partial charge in [0.25, 0.3) is 0 Å². The molecule has 2 N–H and O–H groups in total. The molecule has 1 spiro atoms. The van der Waals surface area contributed by atoms with Crippen molar-refractivity contribution < 1.29 is 19.1 Å². The number of amides is 1. The number of ether oxygens (including phenoxy) is 2. The number of anilines is 1. The Morgan fingerprint density at radius 2 is 1.80 bits per heavy atom. The highest BCUT2D eigenvalue weighted by Gasteiger charge is 2.57. The van der Waals surface area contributed by atoms with Gasteiger partial charge in [-0.1, -0.05) is 0 Å². The number of halogens is 1. The third kappa shape index (κ3) is 3.33. The van der Waals surface area contributed by atoms with Gasteiger partial charge in [0, 0.05) is 17.5 Å². The van der Waals surface area contributed by atoms with Crippen molar-refractivity contribution in [2.75, 3.05) is 31.6 Å². The first kappa shape index (κ1) is 18.0. The summed E-state index contributed by atoms with van der Waals surface area (Å²) in [5, 5.41) is 6.30. The molecule has 2 fully saturated rings. The zero-order valence-electron chi connectivity index (χ0n) is 14.2. The summed E-state index contributed by atoms with van der Waals surface area (Å²) in [7, 11) is 0. The van der Waals surface area contributed by atoms with Crippen molar-refractivity contribution in [1.29, 1.82) is 0 Å². The fourth-order valence-corrected chi connectivity index (χ4v) is 3.90. The third-order valence-corrected chi connectivity index (χ3v) is 5.43. The van der Waals surface area contributed by atoms with E-state index in [9.17, 15) is 9.59 Å². The van der Waals surface area contributed by atoms with Crippen LogP contribution >= 0.6 is 12.4 Å². The Balaban J connectivity index is 0.00000182. The maximum absolute atomic E-state index is 12.7. The monoisotopic (exact) mass is 366 g/mol. The standard InChI is InChI=1S/C18H22N2O4.ClH/c1-11(21)12-8-15-16(24-7-6-23-15)9-14(12)20-17(22)13-10-18(13)2-4-19-5-3-18;/h8-9,13,19H,2-7,10H2,1H3,(H,20,22);1H. The van der Waals surface area contributed by atoms with Crippen molar-refractivity contribution in [2.24, 2.45) is 11.3 Å². The van der Waals surface area contributed by atoms with Gasteiger partial charge < -0.3 is 20.1 Å². The number of hydrogen-bond acceptors (Lipinski definition) is 5. The summed E-state index contributed by atoms with van der Waals surface area (Å²) >= 11 is 0. The average Bonchev–Trinajstić information content (AvgIpc) is 3.28. The molecule has 1 atom stereocenters. The van der Waals surface area contributed by atoms with Crippen LogP contribution in [0.2, 0.25) is 0 Å². The number of nitrogens with one attached hydrogen (secondary N) is 2. The summed E-state index contributed by atoms with van der Waals surface area (Å²) in [5.41, 5.74) is 1.15. The summed E-state index contributed by atoms with van der Waals surface area (Å²) in [6.45, 7) is 4.39. The van der Waals surface area contributed by atoms with Gasteiger partial charge in [-0.25, -0.2) is 0 Å². The highest BCUT2D eigenvalue weighted by Crippen LogP contribution is 2.58. The minimum Gasteiger partial charge on any atom is -0.486 e. The van der Waals surface area contributed by atoms with E-state index in [-0.39, 0.29) is 35.4 Å². The quantitative estimate of drug-likeness (QED) is 0.803. The molecule has 0 aromatic heterocycles. The summed E-state index contributed by atoms with van der Waals surface area (Å²) in [6.07, 6.45) is 3.04. The van der Waals surface area contributed by atoms with E-state index in [0.717, 1.165) is 32.4 Å². The van der Waals surface area contributed by atoms with Crippen LogP contribution in [-0.2, 0) is 4.79 Å². The van der Waals surface area contributed by atoms with Gasteiger partial charge in [0.2, 0.25) is 5.91 Å². The molecule has 2 heterocycles. The first-order valence-electron chi connectivity index (χ1n) is 8.55. The van der Waals surface area contributed by atoms with E-state index >= 15 is 0 Å². The van der Waals surface area contributed by atoms with Gasteiger partial charge in [0.05, 0.1) is 5.69 Å². The van der Waals surface area contributed by atoms with Crippen LogP contribution < -0.4 is 20.1 Å². The van der Waals surface area contributed by atoms with E-state index < -0.39 is 0 Å². The Morgan fingerprint density at radius 1 is 1.16 bits per heavy atom. The van der Waals surface area contributed by atoms with Gasteiger partial charge in [-0.15, -0.1) is 12.4 Å². The number of Topliss-reactive ketones (excluding diaryl/α,β-unsaturated/α-hetero) is 1. The molecule has 1 saturated carbocycles. The molecule has 6 nitrogen and oxygen atoms in total. The van der Waals surface area contributed by atoms with Crippen LogP contribution in [0.1, 0.15) is 36.5 Å². The second-order valence-corrected chi connectivity index (χ2v) is 6.96. The molecule has 25 heavy (non-hydrogen) atoms. The van der Waals surface area contributed by atoms with Crippen LogP contribution in [0.4, 0.5) is 5.69 Å². The van der Waals surface area contributed by atoms with Crippen LogP contribution in [0.25, 0.3) is 0 Å². The van der Waals surface area contributed by atoms with E-state index in [0.29, 0.717) is 36.0 Å². The Bertz CT molecular complexity index is 701. The maximum atomic E-state index is 12.7. The van der Waals surface area contributed by atoms with Crippen LogP contribution in [0, 0.1) is 11.3 Å². The molecule has 0 radical (unpaired) electrons. The first-order valence-corrected chi connectivity index (χ1v) is 8.55. The molecule has 7 heteroatoms. The topological polar surface area (TPSA) is 76.7 Å². The predicted octanol–water partition coefficient (Wildman–Crippen LogP) is 2.41. The predicted molar refractivity (Wildman–Crippen MR) is 96.0 cm³/mol. The zero-order valence-corrected chi connectivity index (χ0v) is 15.0. The highest BCUT2D eigenvalue weighted by molar-refractivity contribution is 6.05. The number of benzene rings is 1. The Morgan fingerprint density at radius 3 is 2.44 bits per heavy atom. The Labute approximate surface area is 153 Å². The number of ketones is 1. The smallest absolute Gasteiger partial charge is 0.228 e. The van der Waals surface area contributed by atoms with Gasteiger partial charge >= 0.3 is 0 Å². The molecular weight excluding hydrogens is 344 g/mol. The van der Waals surface area contributed by atoms with Crippen LogP contribution in [-0.4, -0.2) is 38.0 Å². The van der Waals surface area contributed by atoms with Crippen molar-refractivity contribution in [3.05, 3.63) is 17.7 Å². The molecule has 2 aliphatic heterocycles. The first-order chi connectivity index (χ1) is 11.6. The number of carbonyl (C=O) groups is 2. The molecule has 1 unspecified atom stereocenters. The van der Waals surface area contributed by atoms with Gasteiger partial charge in [0.15, 0.2) is 17.3 Å². The SMILES string of the molecule is CC(=O)c1cc2c(cc1NC(=O)C1CC13CCNCC3)OCCO2.Cl. The molecule has 1 aliphatic carbocycles. The van der Waals surface area contributed by atoms with Gasteiger partial charge in [-0.05, 0) is 50.8 Å². The lowest BCUT2D eigenvalue weighted by Gasteiger charge is -2.23. The molecule has 1 saturated heterocycles. The molecular formula is C18H23ClN2O4. The number of hydrogen-bond donors (Lipinski definition) is 2. The molecule has 1 aromatic carbocycles. The van der Waals surface area contributed by atoms with E-state index in [1.165, 1.54) is 6.92 Å². The molecule has 1 aromatic rings. The maximum Gasteiger partial charge on any atom is 0.228 e. The number of carbonyl (C=O) groups excluding carboxylic acids is 2. The van der Waals surface area contributed by atoms with E-state index in [1.54, 1.807) is 12.1 Å². The van der Waals surface area contributed by atoms with Crippen LogP contribution in [0.15, 0.2) is 12.1 Å². The van der Waals surface area contributed by atoms with Gasteiger partial charge in [-0.2, -0.15) is 0 Å². The fraction of sp³-hybridized carbons (Fsp3) is 0.556. The molecule has 4 rings (SSSR count). The van der Waals surface area contributed by atoms with Crippen molar-refractivity contribution in [3.8, 4) is 11.5 Å². The summed E-state index contributed by atoms with van der Waals surface area (Å²) in [6, 6.07) is 3.38. The van der Waals surface area contributed by atoms with Crippen molar-refractivity contribution >= 4 is 29.8 Å². The average molecular weight is 367 g/mol. The zero-order chi connectivity index (χ0) is 16.7. The lowest BCUT2D eigenvalue weighted by Crippen LogP contribution is -2.31. The van der Waals surface area contributed by atoms with E-state index in [1.807, 2.05) is 0 Å². The van der Waals surface area contributed by atoms with E-state index in [4.69, 9.17) is 9.47 Å². The minimum atomic E-state index is -0.102. The van der Waals surface area contributed by atoms with Crippen LogP contribution in [0.5, 0.6) is 11.5 Å². The van der Waals surface area contributed by atoms with Crippen molar-refractivity contribution in [3.63, 3.8) is 0 Å². The second-order valence-electron chi connectivity index (χ2n) is 6.96. The number of fused-ring (bicyclic) bond motifs is 1. The highest BCUT2D eigenvalue weighted by atomic mass is 35.5. The van der Waals surface area contributed by atoms with Crippen molar-refractivity contribution in [1.82, 2.24) is 5.32 Å². The van der Waals surface area contributed by atoms with E-state index in [2.05, 4.69) is 10.6 Å². The second kappa shape index (κ2) is 6.84. The minimum absolute atomic E-state index is 0. The molecule has 0 bridgehead atoms. The summed E-state index contributed by atoms with van der Waals surface area (Å²) in [4.78, 5) is 24.6. The molecule has 1 amide bonds. The molecule has 3 aliphatic rings. The number of rotatable bonds is 3. The Hall–Kier alpha value is -1.79. The molecule has 136 valence electrons. The number of piperidine rings is 1. The lowest BCUT2D eigenvalue weighted by atomic mass is 9.91. The summed E-state index contributed by atoms with van der Waals surface area (Å²) in [5.74, 6) is 1.10. The Kier molecular flexibility index (Phi) is 4.93. The largest absolute Gasteiger partial charge is 0.486 e. The fourth-order valence-electron chi connectivity index (χ4n) is 3.90. The van der Waals surface area contributed by atoms with Gasteiger partial charge in [-0.3, -0.25) is 9.59 Å². The third-order valence-electron chi connectivity index (χ3n) is 5.43. The van der Waals surface area contributed by atoms with Gasteiger partial charge in [0.1, 0.15) is 13.2 Å². The summed E-state index contributed by atoms with van der Waals surface area (Å²) < 4.78 is 11.1.